The lowest BCUT2D eigenvalue weighted by Gasteiger charge is -2.10. The quantitative estimate of drug-likeness (QED) is 0.720. The highest BCUT2D eigenvalue weighted by Crippen LogP contribution is 2.21. The number of carbonyl (C=O) groups excluding carboxylic acids is 1. The molecule has 2 aromatic carbocycles. The highest BCUT2D eigenvalue weighted by Gasteiger charge is 2.10. The highest BCUT2D eigenvalue weighted by molar-refractivity contribution is 5.98. The van der Waals surface area contributed by atoms with Crippen molar-refractivity contribution in [3.8, 4) is 5.75 Å². The van der Waals surface area contributed by atoms with Crippen molar-refractivity contribution in [2.45, 2.75) is 26.4 Å². The van der Waals surface area contributed by atoms with Crippen LogP contribution in [0.3, 0.4) is 0 Å². The predicted molar refractivity (Wildman–Crippen MR) is 76.5 cm³/mol. The fourth-order valence-corrected chi connectivity index (χ4v) is 1.92. The van der Waals surface area contributed by atoms with Crippen LogP contribution in [0.25, 0.3) is 0 Å². The Bertz CT molecular complexity index is 532. The molecule has 0 aromatic heterocycles. The number of carbonyl (C=O) groups is 1. The first-order valence-electron chi connectivity index (χ1n) is 6.60. The van der Waals surface area contributed by atoms with Crippen molar-refractivity contribution in [3.63, 3.8) is 0 Å². The Balaban J connectivity index is 2.10. The van der Waals surface area contributed by atoms with Gasteiger partial charge in [-0.15, -0.1) is 0 Å². The zero-order valence-corrected chi connectivity index (χ0v) is 11.1. The Kier molecular flexibility index (Phi) is 4.73. The summed E-state index contributed by atoms with van der Waals surface area (Å²) in [4.78, 5) is 12.0. The van der Waals surface area contributed by atoms with Gasteiger partial charge in [0.05, 0.1) is 5.56 Å². The molecule has 0 saturated heterocycles. The van der Waals surface area contributed by atoms with Gasteiger partial charge >= 0.3 is 0 Å². The molecule has 98 valence electrons. The maximum atomic E-state index is 12.0. The van der Waals surface area contributed by atoms with Gasteiger partial charge in [0.15, 0.2) is 5.78 Å². The largest absolute Gasteiger partial charge is 0.488 e. The van der Waals surface area contributed by atoms with Crippen LogP contribution in [0.2, 0.25) is 0 Å². The van der Waals surface area contributed by atoms with Gasteiger partial charge in [0.1, 0.15) is 12.4 Å². The van der Waals surface area contributed by atoms with Gasteiger partial charge in [0.2, 0.25) is 0 Å². The van der Waals surface area contributed by atoms with E-state index in [1.165, 1.54) is 0 Å². The molecular formula is C17H18O2. The Hall–Kier alpha value is -2.09. The van der Waals surface area contributed by atoms with E-state index in [2.05, 4.69) is 0 Å². The summed E-state index contributed by atoms with van der Waals surface area (Å²) in [6, 6.07) is 17.4. The first kappa shape index (κ1) is 13.3. The molecule has 0 amide bonds. The topological polar surface area (TPSA) is 26.3 Å². The standard InChI is InChI=1S/C17H18O2/c1-2-8-16(18)15-11-6-7-12-17(15)19-13-14-9-4-3-5-10-14/h3-7,9-12H,2,8,13H2,1H3. The second-order valence-corrected chi connectivity index (χ2v) is 4.44. The van der Waals surface area contributed by atoms with E-state index in [1.54, 1.807) is 0 Å². The van der Waals surface area contributed by atoms with Gasteiger partial charge in [0, 0.05) is 6.42 Å². The fourth-order valence-electron chi connectivity index (χ4n) is 1.92. The Morgan fingerprint density at radius 2 is 1.68 bits per heavy atom. The number of benzene rings is 2. The molecule has 0 N–H and O–H groups in total. The number of ketones is 1. The second-order valence-electron chi connectivity index (χ2n) is 4.44. The smallest absolute Gasteiger partial charge is 0.166 e. The minimum atomic E-state index is 0.145. The van der Waals surface area contributed by atoms with E-state index >= 15 is 0 Å². The molecule has 0 bridgehead atoms. The minimum Gasteiger partial charge on any atom is -0.488 e. The van der Waals surface area contributed by atoms with Gasteiger partial charge in [0.25, 0.3) is 0 Å². The molecular weight excluding hydrogens is 236 g/mol. The van der Waals surface area contributed by atoms with Crippen LogP contribution in [0.1, 0.15) is 35.7 Å². The number of rotatable bonds is 6. The summed E-state index contributed by atoms with van der Waals surface area (Å²) in [6.07, 6.45) is 1.41. The van der Waals surface area contributed by atoms with Gasteiger partial charge in [-0.05, 0) is 24.1 Å². The van der Waals surface area contributed by atoms with Crippen LogP contribution in [-0.4, -0.2) is 5.78 Å². The molecule has 0 radical (unpaired) electrons. The van der Waals surface area contributed by atoms with Gasteiger partial charge in [-0.2, -0.15) is 0 Å². The average Bonchev–Trinajstić information content (AvgIpc) is 2.47. The van der Waals surface area contributed by atoms with Crippen molar-refractivity contribution in [3.05, 3.63) is 65.7 Å². The number of ether oxygens (including phenoxy) is 1. The van der Waals surface area contributed by atoms with Gasteiger partial charge in [-0.3, -0.25) is 4.79 Å². The molecule has 2 aromatic rings. The van der Waals surface area contributed by atoms with Crippen LogP contribution in [0, 0.1) is 0 Å². The summed E-state index contributed by atoms with van der Waals surface area (Å²) in [7, 11) is 0. The summed E-state index contributed by atoms with van der Waals surface area (Å²) in [6.45, 7) is 2.49. The van der Waals surface area contributed by atoms with E-state index in [0.29, 0.717) is 24.3 Å². The zero-order valence-electron chi connectivity index (χ0n) is 11.1. The molecule has 0 fully saturated rings. The molecule has 0 saturated carbocycles. The molecule has 0 spiro atoms. The monoisotopic (exact) mass is 254 g/mol. The SMILES string of the molecule is CCCC(=O)c1ccccc1OCc1ccccc1. The second kappa shape index (κ2) is 6.74. The number of hydrogen-bond donors (Lipinski definition) is 0. The van der Waals surface area contributed by atoms with E-state index in [1.807, 2.05) is 61.5 Å². The molecule has 19 heavy (non-hydrogen) atoms. The van der Waals surface area contributed by atoms with E-state index < -0.39 is 0 Å². The highest BCUT2D eigenvalue weighted by atomic mass is 16.5. The molecule has 0 heterocycles. The first-order chi connectivity index (χ1) is 9.31. The summed E-state index contributed by atoms with van der Waals surface area (Å²) in [5.41, 5.74) is 1.78. The number of para-hydroxylation sites is 1. The zero-order chi connectivity index (χ0) is 13.5. The van der Waals surface area contributed by atoms with Crippen LogP contribution >= 0.6 is 0 Å². The van der Waals surface area contributed by atoms with Gasteiger partial charge in [-0.1, -0.05) is 49.4 Å². The lowest BCUT2D eigenvalue weighted by atomic mass is 10.1. The van der Waals surface area contributed by atoms with E-state index in [4.69, 9.17) is 4.74 Å². The van der Waals surface area contributed by atoms with Crippen LogP contribution in [-0.2, 0) is 6.61 Å². The molecule has 2 nitrogen and oxygen atoms in total. The van der Waals surface area contributed by atoms with Gasteiger partial charge < -0.3 is 4.74 Å². The van der Waals surface area contributed by atoms with E-state index in [-0.39, 0.29) is 5.78 Å². The molecule has 0 aliphatic carbocycles. The molecule has 0 atom stereocenters. The Morgan fingerprint density at radius 1 is 1.00 bits per heavy atom. The van der Waals surface area contributed by atoms with Crippen LogP contribution in [0.4, 0.5) is 0 Å². The first-order valence-corrected chi connectivity index (χ1v) is 6.60. The molecule has 2 rings (SSSR count). The normalized spacial score (nSPS) is 10.2. The van der Waals surface area contributed by atoms with Crippen molar-refractivity contribution in [2.75, 3.05) is 0 Å². The Morgan fingerprint density at radius 3 is 2.42 bits per heavy atom. The summed E-state index contributed by atoms with van der Waals surface area (Å²) < 4.78 is 5.77. The number of Topliss-reactive ketones (excluding diaryl/α,β-unsaturated/α-hetero) is 1. The molecule has 0 aliphatic heterocycles. The third kappa shape index (κ3) is 3.68. The number of hydrogen-bond acceptors (Lipinski definition) is 2. The lowest BCUT2D eigenvalue weighted by Crippen LogP contribution is -2.03. The Labute approximate surface area is 114 Å². The summed E-state index contributed by atoms with van der Waals surface area (Å²) in [5, 5.41) is 0. The predicted octanol–water partition coefficient (Wildman–Crippen LogP) is 4.25. The van der Waals surface area contributed by atoms with Crippen molar-refractivity contribution in [2.24, 2.45) is 0 Å². The summed E-state index contributed by atoms with van der Waals surface area (Å²) in [5.74, 6) is 0.816. The maximum Gasteiger partial charge on any atom is 0.166 e. The van der Waals surface area contributed by atoms with Crippen LogP contribution < -0.4 is 4.74 Å². The maximum absolute atomic E-state index is 12.0. The van der Waals surface area contributed by atoms with Crippen LogP contribution in [0.5, 0.6) is 5.75 Å². The minimum absolute atomic E-state index is 0.145. The van der Waals surface area contributed by atoms with Crippen molar-refractivity contribution < 1.29 is 9.53 Å². The average molecular weight is 254 g/mol. The van der Waals surface area contributed by atoms with Crippen LogP contribution in [0.15, 0.2) is 54.6 Å². The molecule has 2 heteroatoms. The lowest BCUT2D eigenvalue weighted by molar-refractivity contribution is 0.0977. The van der Waals surface area contributed by atoms with E-state index in [0.717, 1.165) is 12.0 Å². The van der Waals surface area contributed by atoms with Crippen molar-refractivity contribution >= 4 is 5.78 Å². The van der Waals surface area contributed by atoms with Crippen molar-refractivity contribution in [1.29, 1.82) is 0 Å². The third-order valence-electron chi connectivity index (χ3n) is 2.90. The van der Waals surface area contributed by atoms with Gasteiger partial charge in [-0.25, -0.2) is 0 Å². The fraction of sp³-hybridized carbons (Fsp3) is 0.235. The molecule has 0 unspecified atom stereocenters. The third-order valence-corrected chi connectivity index (χ3v) is 2.90. The molecule has 0 aliphatic rings. The summed E-state index contributed by atoms with van der Waals surface area (Å²) >= 11 is 0. The van der Waals surface area contributed by atoms with E-state index in [9.17, 15) is 4.79 Å². The van der Waals surface area contributed by atoms with Crippen molar-refractivity contribution in [1.82, 2.24) is 0 Å².